The van der Waals surface area contributed by atoms with Gasteiger partial charge in [-0.25, -0.2) is 19.6 Å². The van der Waals surface area contributed by atoms with E-state index in [2.05, 4.69) is 15.3 Å². The van der Waals surface area contributed by atoms with E-state index in [1.165, 1.54) is 6.20 Å². The molecule has 0 bridgehead atoms. The van der Waals surface area contributed by atoms with Crippen LogP contribution in [0.1, 0.15) is 16.1 Å². The predicted molar refractivity (Wildman–Crippen MR) is 82.0 cm³/mol. The first-order chi connectivity index (χ1) is 10.1. The molecule has 0 saturated carbocycles. The first-order valence-corrected chi connectivity index (χ1v) is 6.87. The molecule has 0 unspecified atom stereocenters. The average molecular weight is 399 g/mol. The maximum Gasteiger partial charge on any atom is 0.413 e. The van der Waals surface area contributed by atoms with Crippen LogP contribution in [0.25, 0.3) is 0 Å². The van der Waals surface area contributed by atoms with Crippen LogP contribution >= 0.6 is 22.6 Å². The summed E-state index contributed by atoms with van der Waals surface area (Å²) in [6.45, 7) is 0.0763. The van der Waals surface area contributed by atoms with E-state index in [0.29, 0.717) is 3.70 Å². The second kappa shape index (κ2) is 6.97. The summed E-state index contributed by atoms with van der Waals surface area (Å²) >= 11 is 1.83. The van der Waals surface area contributed by atoms with E-state index < -0.39 is 12.1 Å². The van der Waals surface area contributed by atoms with Crippen molar-refractivity contribution in [3.8, 4) is 0 Å². The number of halogens is 1. The van der Waals surface area contributed by atoms with E-state index in [0.717, 1.165) is 5.56 Å². The molecule has 0 saturated heterocycles. The Kier molecular flexibility index (Phi) is 5.04. The fourth-order valence-corrected chi connectivity index (χ4v) is 1.84. The number of aromatic nitrogens is 2. The van der Waals surface area contributed by atoms with Gasteiger partial charge in [-0.15, -0.1) is 0 Å². The van der Waals surface area contributed by atoms with Crippen molar-refractivity contribution in [2.24, 2.45) is 0 Å². The number of nitrogens with one attached hydrogen (secondary N) is 1. The Labute approximate surface area is 133 Å². The van der Waals surface area contributed by atoms with Gasteiger partial charge in [-0.1, -0.05) is 30.3 Å². The molecule has 8 heteroatoms. The Hall–Kier alpha value is -2.23. The number of nitrogens with zero attached hydrogens (tertiary/aromatic N) is 2. The Balaban J connectivity index is 2.01. The van der Waals surface area contributed by atoms with E-state index in [1.807, 2.05) is 40.8 Å². The Morgan fingerprint density at radius 2 is 2.00 bits per heavy atom. The van der Waals surface area contributed by atoms with Crippen molar-refractivity contribution in [1.82, 2.24) is 9.97 Å². The normalized spacial score (nSPS) is 9.95. The average Bonchev–Trinajstić information content (AvgIpc) is 2.48. The lowest BCUT2D eigenvalue weighted by Gasteiger charge is -2.08. The summed E-state index contributed by atoms with van der Waals surface area (Å²) < 4.78 is 5.39. The molecule has 1 aromatic heterocycles. The van der Waals surface area contributed by atoms with Gasteiger partial charge in [0.05, 0.1) is 6.20 Å². The molecule has 0 spiro atoms. The summed E-state index contributed by atoms with van der Waals surface area (Å²) in [4.78, 5) is 30.3. The highest BCUT2D eigenvalue weighted by molar-refractivity contribution is 14.1. The number of amides is 1. The van der Waals surface area contributed by atoms with Gasteiger partial charge in [0.25, 0.3) is 0 Å². The largest absolute Gasteiger partial charge is 0.476 e. The summed E-state index contributed by atoms with van der Waals surface area (Å²) in [6.07, 6.45) is 0.552. The number of rotatable bonds is 4. The van der Waals surface area contributed by atoms with Gasteiger partial charge in [-0.3, -0.25) is 5.32 Å². The van der Waals surface area contributed by atoms with Crippen LogP contribution in [0.5, 0.6) is 0 Å². The number of carbonyl (C=O) groups excluding carboxylic acids is 1. The molecule has 2 rings (SSSR count). The van der Waals surface area contributed by atoms with Gasteiger partial charge in [-0.2, -0.15) is 0 Å². The van der Waals surface area contributed by atoms with Crippen LogP contribution in [0, 0.1) is 3.70 Å². The molecule has 1 aromatic carbocycles. The first kappa shape index (κ1) is 15.2. The molecular formula is C13H10IN3O4. The molecule has 2 aromatic rings. The van der Waals surface area contributed by atoms with Crippen molar-refractivity contribution in [2.75, 3.05) is 5.32 Å². The molecule has 0 radical (unpaired) electrons. The van der Waals surface area contributed by atoms with Crippen molar-refractivity contribution in [2.45, 2.75) is 6.61 Å². The summed E-state index contributed by atoms with van der Waals surface area (Å²) in [5.41, 5.74) is 0.485. The molecule has 108 valence electrons. The highest BCUT2D eigenvalue weighted by Gasteiger charge is 2.17. The lowest BCUT2D eigenvalue weighted by molar-refractivity contribution is 0.0691. The Bertz CT molecular complexity index is 664. The van der Waals surface area contributed by atoms with Gasteiger partial charge in [0.2, 0.25) is 0 Å². The number of ether oxygens (including phenoxy) is 1. The van der Waals surface area contributed by atoms with Crippen molar-refractivity contribution in [3.63, 3.8) is 0 Å². The van der Waals surface area contributed by atoms with E-state index in [9.17, 15) is 9.59 Å². The second-order valence-electron chi connectivity index (χ2n) is 3.88. The molecule has 0 aliphatic rings. The monoisotopic (exact) mass is 399 g/mol. The van der Waals surface area contributed by atoms with E-state index in [1.54, 1.807) is 12.1 Å². The number of carbonyl (C=O) groups is 2. The van der Waals surface area contributed by atoms with Gasteiger partial charge in [0, 0.05) is 0 Å². The number of benzene rings is 1. The smallest absolute Gasteiger partial charge is 0.413 e. The quantitative estimate of drug-likeness (QED) is 0.767. The standard InChI is InChI=1S/C13H10IN3O4/c14-9-6-15-11(10(16-9)12(18)19)17-13(20)21-7-8-4-2-1-3-5-8/h1-6H,7H2,(H,18,19)(H,15,17,20). The molecule has 0 atom stereocenters. The molecule has 1 heterocycles. The van der Waals surface area contributed by atoms with Crippen LogP contribution < -0.4 is 5.32 Å². The maximum absolute atomic E-state index is 11.6. The van der Waals surface area contributed by atoms with Crippen LogP contribution in [-0.4, -0.2) is 27.1 Å². The summed E-state index contributed by atoms with van der Waals surface area (Å²) in [5, 5.41) is 11.3. The Morgan fingerprint density at radius 1 is 1.29 bits per heavy atom. The van der Waals surface area contributed by atoms with Crippen LogP contribution in [0.4, 0.5) is 10.6 Å². The third-order valence-corrected chi connectivity index (χ3v) is 2.90. The minimum absolute atomic E-state index is 0.0763. The fraction of sp³-hybridized carbons (Fsp3) is 0.0769. The summed E-state index contributed by atoms with van der Waals surface area (Å²) in [7, 11) is 0. The highest BCUT2D eigenvalue weighted by Crippen LogP contribution is 2.12. The third-order valence-electron chi connectivity index (χ3n) is 2.38. The number of hydrogen-bond acceptors (Lipinski definition) is 5. The SMILES string of the molecule is O=C(Nc1ncc(I)nc1C(=O)O)OCc1ccccc1. The second-order valence-corrected chi connectivity index (χ2v) is 4.99. The molecule has 1 amide bonds. The minimum Gasteiger partial charge on any atom is -0.476 e. The molecule has 0 aliphatic heterocycles. The van der Waals surface area contributed by atoms with Gasteiger partial charge in [0.15, 0.2) is 11.5 Å². The molecule has 7 nitrogen and oxygen atoms in total. The molecule has 2 N–H and O–H groups in total. The lowest BCUT2D eigenvalue weighted by atomic mass is 10.2. The van der Waals surface area contributed by atoms with Crippen molar-refractivity contribution < 1.29 is 19.4 Å². The lowest BCUT2D eigenvalue weighted by Crippen LogP contribution is -2.18. The van der Waals surface area contributed by atoms with Crippen LogP contribution in [0.3, 0.4) is 0 Å². The van der Waals surface area contributed by atoms with Crippen LogP contribution in [0.2, 0.25) is 0 Å². The fourth-order valence-electron chi connectivity index (χ4n) is 1.46. The summed E-state index contributed by atoms with van der Waals surface area (Å²) in [6, 6.07) is 9.11. The third kappa shape index (κ3) is 4.38. The van der Waals surface area contributed by atoms with Gasteiger partial charge in [-0.05, 0) is 28.2 Å². The number of anilines is 1. The number of aromatic carboxylic acids is 1. The van der Waals surface area contributed by atoms with Crippen LogP contribution in [-0.2, 0) is 11.3 Å². The van der Waals surface area contributed by atoms with Crippen LogP contribution in [0.15, 0.2) is 36.5 Å². The predicted octanol–water partition coefficient (Wildman–Crippen LogP) is 2.53. The molecule has 21 heavy (non-hydrogen) atoms. The zero-order chi connectivity index (χ0) is 15.2. The van der Waals surface area contributed by atoms with E-state index in [-0.39, 0.29) is 18.1 Å². The summed E-state index contributed by atoms with van der Waals surface area (Å²) in [5.74, 6) is -1.43. The number of carboxylic acids is 1. The number of carboxylic acid groups (broad SMARTS) is 1. The van der Waals surface area contributed by atoms with Gasteiger partial charge >= 0.3 is 12.1 Å². The van der Waals surface area contributed by atoms with Crippen molar-refractivity contribution >= 4 is 40.5 Å². The minimum atomic E-state index is -1.28. The zero-order valence-corrected chi connectivity index (χ0v) is 12.8. The van der Waals surface area contributed by atoms with Gasteiger partial charge in [0.1, 0.15) is 10.3 Å². The molecular weight excluding hydrogens is 389 g/mol. The number of hydrogen-bond donors (Lipinski definition) is 2. The highest BCUT2D eigenvalue weighted by atomic mass is 127. The topological polar surface area (TPSA) is 101 Å². The van der Waals surface area contributed by atoms with E-state index >= 15 is 0 Å². The first-order valence-electron chi connectivity index (χ1n) is 5.80. The Morgan fingerprint density at radius 3 is 2.67 bits per heavy atom. The molecule has 0 fully saturated rings. The van der Waals surface area contributed by atoms with E-state index in [4.69, 9.17) is 9.84 Å². The molecule has 0 aliphatic carbocycles. The zero-order valence-electron chi connectivity index (χ0n) is 10.6. The van der Waals surface area contributed by atoms with Crippen molar-refractivity contribution in [1.29, 1.82) is 0 Å². The van der Waals surface area contributed by atoms with Crippen molar-refractivity contribution in [3.05, 3.63) is 51.5 Å². The maximum atomic E-state index is 11.6. The van der Waals surface area contributed by atoms with Gasteiger partial charge < -0.3 is 9.84 Å².